The molecule has 0 radical (unpaired) electrons. The standard InChI is InChI=1S/C11H16.C3H8/c1-4-6-11-9(2)7-5-8-10(11)3;1-3-2/h5,7-8H,4,6H2,1-3H3;3H2,1-2H3. The lowest BCUT2D eigenvalue weighted by atomic mass is 9.99. The topological polar surface area (TPSA) is 0 Å². The van der Waals surface area contributed by atoms with Crippen molar-refractivity contribution in [3.63, 3.8) is 0 Å². The zero-order valence-corrected chi connectivity index (χ0v) is 10.4. The summed E-state index contributed by atoms with van der Waals surface area (Å²) in [4.78, 5) is 0. The first-order valence-corrected chi connectivity index (χ1v) is 5.72. The SMILES string of the molecule is CCC.CCCc1c(C)cccc1C. The monoisotopic (exact) mass is 192 g/mol. The molecule has 0 saturated carbocycles. The van der Waals surface area contributed by atoms with Crippen LogP contribution in [0.1, 0.15) is 50.3 Å². The van der Waals surface area contributed by atoms with Crippen molar-refractivity contribution in [2.24, 2.45) is 0 Å². The second-order valence-electron chi connectivity index (χ2n) is 3.83. The van der Waals surface area contributed by atoms with Gasteiger partial charge < -0.3 is 0 Å². The van der Waals surface area contributed by atoms with Crippen molar-refractivity contribution < 1.29 is 0 Å². The Balaban J connectivity index is 0.000000500. The number of benzene rings is 1. The summed E-state index contributed by atoms with van der Waals surface area (Å²) < 4.78 is 0. The van der Waals surface area contributed by atoms with Crippen LogP contribution in [0.25, 0.3) is 0 Å². The van der Waals surface area contributed by atoms with Crippen LogP contribution in [0.2, 0.25) is 0 Å². The van der Waals surface area contributed by atoms with E-state index in [2.05, 4.69) is 52.8 Å². The number of aryl methyl sites for hydroxylation is 2. The van der Waals surface area contributed by atoms with Gasteiger partial charge in [0.2, 0.25) is 0 Å². The maximum Gasteiger partial charge on any atom is -0.0276 e. The summed E-state index contributed by atoms with van der Waals surface area (Å²) in [6.45, 7) is 10.9. The van der Waals surface area contributed by atoms with Gasteiger partial charge in [-0.2, -0.15) is 0 Å². The Hall–Kier alpha value is -0.780. The maximum atomic E-state index is 2.23. The maximum absolute atomic E-state index is 2.23. The van der Waals surface area contributed by atoms with E-state index in [1.807, 2.05) is 0 Å². The molecule has 0 N–H and O–H groups in total. The van der Waals surface area contributed by atoms with Gasteiger partial charge in [0, 0.05) is 0 Å². The molecule has 0 amide bonds. The molecular weight excluding hydrogens is 168 g/mol. The van der Waals surface area contributed by atoms with Crippen molar-refractivity contribution in [3.8, 4) is 0 Å². The highest BCUT2D eigenvalue weighted by atomic mass is 14.0. The van der Waals surface area contributed by atoms with Gasteiger partial charge in [-0.05, 0) is 37.0 Å². The van der Waals surface area contributed by atoms with Gasteiger partial charge in [0.1, 0.15) is 0 Å². The van der Waals surface area contributed by atoms with E-state index in [4.69, 9.17) is 0 Å². The molecule has 0 saturated heterocycles. The van der Waals surface area contributed by atoms with Crippen LogP contribution >= 0.6 is 0 Å². The smallest absolute Gasteiger partial charge is 0.0276 e. The van der Waals surface area contributed by atoms with E-state index in [1.54, 1.807) is 0 Å². The number of hydrogen-bond donors (Lipinski definition) is 0. The van der Waals surface area contributed by atoms with Gasteiger partial charge in [-0.15, -0.1) is 0 Å². The highest BCUT2D eigenvalue weighted by Crippen LogP contribution is 2.14. The van der Waals surface area contributed by atoms with Crippen LogP contribution in [-0.2, 0) is 6.42 Å². The molecule has 0 aromatic heterocycles. The molecule has 0 spiro atoms. The van der Waals surface area contributed by atoms with Crippen molar-refractivity contribution in [1.82, 2.24) is 0 Å². The summed E-state index contributed by atoms with van der Waals surface area (Å²) in [5.41, 5.74) is 4.41. The molecule has 1 aromatic carbocycles. The van der Waals surface area contributed by atoms with Gasteiger partial charge in [-0.3, -0.25) is 0 Å². The van der Waals surface area contributed by atoms with Crippen LogP contribution < -0.4 is 0 Å². The summed E-state index contributed by atoms with van der Waals surface area (Å²) in [5, 5.41) is 0. The Kier molecular flexibility index (Phi) is 7.18. The molecule has 0 fully saturated rings. The summed E-state index contributed by atoms with van der Waals surface area (Å²) in [6, 6.07) is 6.51. The lowest BCUT2D eigenvalue weighted by molar-refractivity contribution is 0.903. The normalized spacial score (nSPS) is 9.21. The molecule has 14 heavy (non-hydrogen) atoms. The Morgan fingerprint density at radius 1 is 0.929 bits per heavy atom. The predicted molar refractivity (Wildman–Crippen MR) is 65.9 cm³/mol. The first kappa shape index (κ1) is 13.2. The third kappa shape index (κ3) is 4.45. The first-order chi connectivity index (χ1) is 6.67. The van der Waals surface area contributed by atoms with Crippen LogP contribution in [0.4, 0.5) is 0 Å². The average molecular weight is 192 g/mol. The van der Waals surface area contributed by atoms with Crippen LogP contribution in [0.15, 0.2) is 18.2 Å². The molecule has 0 aliphatic carbocycles. The van der Waals surface area contributed by atoms with Crippen molar-refractivity contribution >= 4 is 0 Å². The summed E-state index contributed by atoms with van der Waals surface area (Å²) in [7, 11) is 0. The molecular formula is C14H24. The zero-order chi connectivity index (χ0) is 11.0. The van der Waals surface area contributed by atoms with Crippen LogP contribution in [-0.4, -0.2) is 0 Å². The fourth-order valence-corrected chi connectivity index (χ4v) is 1.49. The van der Waals surface area contributed by atoms with Crippen molar-refractivity contribution in [3.05, 3.63) is 34.9 Å². The van der Waals surface area contributed by atoms with E-state index in [0.717, 1.165) is 0 Å². The molecule has 1 aromatic rings. The van der Waals surface area contributed by atoms with Gasteiger partial charge in [0.25, 0.3) is 0 Å². The molecule has 0 atom stereocenters. The van der Waals surface area contributed by atoms with Crippen LogP contribution in [0.3, 0.4) is 0 Å². The van der Waals surface area contributed by atoms with E-state index < -0.39 is 0 Å². The van der Waals surface area contributed by atoms with Gasteiger partial charge >= 0.3 is 0 Å². The fraction of sp³-hybridized carbons (Fsp3) is 0.571. The predicted octanol–water partition coefficient (Wildman–Crippen LogP) is 4.67. The number of rotatable bonds is 2. The van der Waals surface area contributed by atoms with E-state index in [0.29, 0.717) is 0 Å². The minimum atomic E-state index is 1.22. The van der Waals surface area contributed by atoms with E-state index in [1.165, 1.54) is 36.0 Å². The fourth-order valence-electron chi connectivity index (χ4n) is 1.49. The lowest BCUT2D eigenvalue weighted by Gasteiger charge is -2.06. The van der Waals surface area contributed by atoms with Crippen LogP contribution in [0, 0.1) is 13.8 Å². The molecule has 0 nitrogen and oxygen atoms in total. The largest absolute Gasteiger partial charge is 0.0656 e. The van der Waals surface area contributed by atoms with Gasteiger partial charge in [-0.25, -0.2) is 0 Å². The third-order valence-corrected chi connectivity index (χ3v) is 2.14. The zero-order valence-electron chi connectivity index (χ0n) is 10.4. The van der Waals surface area contributed by atoms with E-state index >= 15 is 0 Å². The Bertz CT molecular complexity index is 228. The van der Waals surface area contributed by atoms with Gasteiger partial charge in [-0.1, -0.05) is 51.8 Å². The Morgan fingerprint density at radius 3 is 1.71 bits per heavy atom. The van der Waals surface area contributed by atoms with E-state index in [-0.39, 0.29) is 0 Å². The molecule has 80 valence electrons. The highest BCUT2D eigenvalue weighted by Gasteiger charge is 1.98. The minimum Gasteiger partial charge on any atom is -0.0656 e. The second kappa shape index (κ2) is 7.61. The molecule has 0 heteroatoms. The van der Waals surface area contributed by atoms with Crippen LogP contribution in [0.5, 0.6) is 0 Å². The summed E-state index contributed by atoms with van der Waals surface area (Å²) in [5.74, 6) is 0. The average Bonchev–Trinajstić information content (AvgIpc) is 2.13. The molecule has 0 aliphatic heterocycles. The Labute approximate surface area is 89.4 Å². The third-order valence-electron chi connectivity index (χ3n) is 2.14. The van der Waals surface area contributed by atoms with Crippen molar-refractivity contribution in [2.75, 3.05) is 0 Å². The molecule has 0 unspecified atom stereocenters. The van der Waals surface area contributed by atoms with Gasteiger partial charge in [0.05, 0.1) is 0 Å². The molecule has 1 rings (SSSR count). The number of hydrogen-bond acceptors (Lipinski definition) is 0. The summed E-state index contributed by atoms with van der Waals surface area (Å²) >= 11 is 0. The van der Waals surface area contributed by atoms with Crippen molar-refractivity contribution in [1.29, 1.82) is 0 Å². The molecule has 0 aliphatic rings. The quantitative estimate of drug-likeness (QED) is 0.638. The second-order valence-corrected chi connectivity index (χ2v) is 3.83. The van der Waals surface area contributed by atoms with E-state index in [9.17, 15) is 0 Å². The van der Waals surface area contributed by atoms with Gasteiger partial charge in [0.15, 0.2) is 0 Å². The summed E-state index contributed by atoms with van der Waals surface area (Å²) in [6.07, 6.45) is 3.71. The Morgan fingerprint density at radius 2 is 1.36 bits per heavy atom. The first-order valence-electron chi connectivity index (χ1n) is 5.72. The lowest BCUT2D eigenvalue weighted by Crippen LogP contribution is -1.91. The minimum absolute atomic E-state index is 1.22. The molecule has 0 bridgehead atoms. The molecule has 0 heterocycles. The van der Waals surface area contributed by atoms with Crippen molar-refractivity contribution in [2.45, 2.75) is 53.9 Å². The highest BCUT2D eigenvalue weighted by molar-refractivity contribution is 5.33.